The van der Waals surface area contributed by atoms with Crippen molar-refractivity contribution in [2.75, 3.05) is 12.8 Å². The third kappa shape index (κ3) is 2.92. The standard InChI is InChI=1S/C9H15N3S/c1-9(2)4-7(9)5-11-8(13-3)12-6-10/h7H,4-5H2,1-3H3,(H,11,12). The molecule has 0 bridgehead atoms. The lowest BCUT2D eigenvalue weighted by Crippen LogP contribution is -2.14. The molecule has 4 heteroatoms. The van der Waals surface area contributed by atoms with Crippen LogP contribution in [0.3, 0.4) is 0 Å². The van der Waals surface area contributed by atoms with Crippen molar-refractivity contribution in [3.05, 3.63) is 0 Å². The summed E-state index contributed by atoms with van der Waals surface area (Å²) >= 11 is 1.48. The van der Waals surface area contributed by atoms with Gasteiger partial charge in [-0.05, 0) is 24.0 Å². The Morgan fingerprint density at radius 3 is 2.77 bits per heavy atom. The number of hydrogen-bond donors (Lipinski definition) is 1. The summed E-state index contributed by atoms with van der Waals surface area (Å²) in [5.41, 5.74) is 0.472. The maximum atomic E-state index is 8.40. The van der Waals surface area contributed by atoms with Gasteiger partial charge in [-0.3, -0.25) is 10.3 Å². The quantitative estimate of drug-likeness (QED) is 0.318. The number of aliphatic imine (C=N–C) groups is 1. The predicted molar refractivity (Wildman–Crippen MR) is 56.5 cm³/mol. The summed E-state index contributed by atoms with van der Waals surface area (Å²) in [4.78, 5) is 4.34. The number of nitrogens with one attached hydrogen (secondary N) is 1. The number of rotatable bonds is 2. The molecule has 0 aromatic heterocycles. The van der Waals surface area contributed by atoms with Gasteiger partial charge in [0.2, 0.25) is 0 Å². The summed E-state index contributed by atoms with van der Waals surface area (Å²) in [6.45, 7) is 5.35. The minimum atomic E-state index is 0.472. The lowest BCUT2D eigenvalue weighted by atomic mass is 10.1. The van der Waals surface area contributed by atoms with E-state index in [9.17, 15) is 0 Å². The van der Waals surface area contributed by atoms with Gasteiger partial charge in [0.25, 0.3) is 0 Å². The molecule has 1 saturated carbocycles. The Bertz CT molecular complexity index is 252. The Morgan fingerprint density at radius 2 is 2.38 bits per heavy atom. The van der Waals surface area contributed by atoms with Crippen LogP contribution in [0.4, 0.5) is 0 Å². The molecule has 1 atom stereocenters. The van der Waals surface area contributed by atoms with Crippen LogP contribution in [0.15, 0.2) is 4.99 Å². The van der Waals surface area contributed by atoms with Crippen molar-refractivity contribution in [1.29, 1.82) is 5.26 Å². The first-order valence-electron chi connectivity index (χ1n) is 4.33. The maximum Gasteiger partial charge on any atom is 0.183 e. The molecule has 0 spiro atoms. The fourth-order valence-electron chi connectivity index (χ4n) is 1.28. The Balaban J connectivity index is 2.34. The van der Waals surface area contributed by atoms with Crippen molar-refractivity contribution < 1.29 is 0 Å². The van der Waals surface area contributed by atoms with E-state index in [-0.39, 0.29) is 0 Å². The van der Waals surface area contributed by atoms with Crippen LogP contribution >= 0.6 is 11.8 Å². The summed E-state index contributed by atoms with van der Waals surface area (Å²) in [6.07, 6.45) is 5.05. The highest BCUT2D eigenvalue weighted by atomic mass is 32.2. The van der Waals surface area contributed by atoms with Crippen LogP contribution in [0.1, 0.15) is 20.3 Å². The first-order chi connectivity index (χ1) is 6.10. The minimum Gasteiger partial charge on any atom is -0.272 e. The maximum absolute atomic E-state index is 8.40. The van der Waals surface area contributed by atoms with Crippen LogP contribution in [0.2, 0.25) is 0 Å². The van der Waals surface area contributed by atoms with Gasteiger partial charge >= 0.3 is 0 Å². The van der Waals surface area contributed by atoms with Gasteiger partial charge in [0, 0.05) is 6.54 Å². The molecule has 0 aliphatic heterocycles. The molecule has 1 unspecified atom stereocenters. The molecule has 1 fully saturated rings. The molecule has 13 heavy (non-hydrogen) atoms. The lowest BCUT2D eigenvalue weighted by molar-refractivity contribution is 0.566. The summed E-state index contributed by atoms with van der Waals surface area (Å²) in [5, 5.41) is 11.7. The second kappa shape index (κ2) is 4.01. The van der Waals surface area contributed by atoms with Crippen molar-refractivity contribution >= 4 is 16.9 Å². The van der Waals surface area contributed by atoms with Gasteiger partial charge in [-0.1, -0.05) is 25.6 Å². The number of thioether (sulfide) groups is 1. The fourth-order valence-corrected chi connectivity index (χ4v) is 1.64. The van der Waals surface area contributed by atoms with E-state index in [0.29, 0.717) is 11.3 Å². The summed E-state index contributed by atoms with van der Waals surface area (Å²) in [5.74, 6) is 0.704. The molecule has 0 aromatic carbocycles. The third-order valence-corrected chi connectivity index (χ3v) is 3.15. The molecular weight excluding hydrogens is 182 g/mol. The van der Waals surface area contributed by atoms with E-state index >= 15 is 0 Å². The average molecular weight is 197 g/mol. The number of hydrogen-bond acceptors (Lipinski definition) is 3. The topological polar surface area (TPSA) is 48.2 Å². The number of nitriles is 1. The Morgan fingerprint density at radius 1 is 1.77 bits per heavy atom. The molecule has 1 N–H and O–H groups in total. The first kappa shape index (κ1) is 10.4. The summed E-state index contributed by atoms with van der Waals surface area (Å²) < 4.78 is 0. The Kier molecular flexibility index (Phi) is 3.21. The normalized spacial score (nSPS) is 25.1. The highest BCUT2D eigenvalue weighted by molar-refractivity contribution is 8.13. The van der Waals surface area contributed by atoms with E-state index < -0.39 is 0 Å². The van der Waals surface area contributed by atoms with Crippen molar-refractivity contribution in [3.63, 3.8) is 0 Å². The number of nitrogens with zero attached hydrogens (tertiary/aromatic N) is 2. The fraction of sp³-hybridized carbons (Fsp3) is 0.778. The van der Waals surface area contributed by atoms with Crippen LogP contribution in [-0.4, -0.2) is 18.0 Å². The summed E-state index contributed by atoms with van der Waals surface area (Å²) in [7, 11) is 0. The van der Waals surface area contributed by atoms with Gasteiger partial charge in [-0.15, -0.1) is 0 Å². The van der Waals surface area contributed by atoms with E-state index in [4.69, 9.17) is 5.26 Å². The molecule has 3 nitrogen and oxygen atoms in total. The lowest BCUT2D eigenvalue weighted by Gasteiger charge is -2.01. The zero-order valence-corrected chi connectivity index (χ0v) is 9.11. The number of amidine groups is 1. The monoisotopic (exact) mass is 197 g/mol. The molecule has 0 saturated heterocycles. The largest absolute Gasteiger partial charge is 0.272 e. The molecule has 0 amide bonds. The average Bonchev–Trinajstić information content (AvgIpc) is 2.68. The van der Waals surface area contributed by atoms with Gasteiger partial charge in [0.05, 0.1) is 0 Å². The van der Waals surface area contributed by atoms with Crippen LogP contribution in [0, 0.1) is 22.8 Å². The second-order valence-corrected chi connectivity index (χ2v) is 4.77. The highest BCUT2D eigenvalue weighted by Crippen LogP contribution is 2.51. The van der Waals surface area contributed by atoms with Crippen molar-refractivity contribution in [1.82, 2.24) is 5.32 Å². The highest BCUT2D eigenvalue weighted by Gasteiger charge is 2.45. The molecule has 0 aromatic rings. The first-order valence-corrected chi connectivity index (χ1v) is 5.56. The van der Waals surface area contributed by atoms with Crippen LogP contribution in [0.25, 0.3) is 0 Å². The molecule has 1 aliphatic carbocycles. The molecule has 1 aliphatic rings. The summed E-state index contributed by atoms with van der Waals surface area (Å²) in [6, 6.07) is 0. The van der Waals surface area contributed by atoms with Gasteiger partial charge in [0.1, 0.15) is 0 Å². The smallest absolute Gasteiger partial charge is 0.183 e. The molecule has 1 rings (SSSR count). The van der Waals surface area contributed by atoms with Crippen molar-refractivity contribution in [3.8, 4) is 6.19 Å². The van der Waals surface area contributed by atoms with Gasteiger partial charge in [0.15, 0.2) is 11.4 Å². The van der Waals surface area contributed by atoms with Crippen LogP contribution in [-0.2, 0) is 0 Å². The van der Waals surface area contributed by atoms with E-state index in [0.717, 1.165) is 11.7 Å². The van der Waals surface area contributed by atoms with E-state index in [1.54, 1.807) is 0 Å². The SMILES string of the molecule is CSC(=NCC1CC1(C)C)NC#N. The second-order valence-electron chi connectivity index (χ2n) is 3.98. The third-order valence-electron chi connectivity index (χ3n) is 2.53. The predicted octanol–water partition coefficient (Wildman–Crippen LogP) is 1.82. The van der Waals surface area contributed by atoms with Gasteiger partial charge < -0.3 is 0 Å². The van der Waals surface area contributed by atoms with Gasteiger partial charge in [-0.25, -0.2) is 0 Å². The molecule has 72 valence electrons. The van der Waals surface area contributed by atoms with E-state index in [1.165, 1.54) is 18.2 Å². The van der Waals surface area contributed by atoms with Gasteiger partial charge in [-0.2, -0.15) is 5.26 Å². The minimum absolute atomic E-state index is 0.472. The zero-order valence-electron chi connectivity index (χ0n) is 8.29. The Hall–Kier alpha value is -0.690. The zero-order chi connectivity index (χ0) is 9.90. The van der Waals surface area contributed by atoms with Crippen LogP contribution < -0.4 is 5.32 Å². The van der Waals surface area contributed by atoms with E-state index in [1.807, 2.05) is 12.4 Å². The van der Waals surface area contributed by atoms with Crippen molar-refractivity contribution in [2.24, 2.45) is 16.3 Å². The molecule has 0 heterocycles. The molecular formula is C9H15N3S. The van der Waals surface area contributed by atoms with Crippen LogP contribution in [0.5, 0.6) is 0 Å². The van der Waals surface area contributed by atoms with Crippen molar-refractivity contribution in [2.45, 2.75) is 20.3 Å². The van der Waals surface area contributed by atoms with E-state index in [2.05, 4.69) is 24.2 Å². The molecule has 0 radical (unpaired) electrons. The Labute approximate surface area is 83.6 Å².